The average Bonchev–Trinajstić information content (AvgIpc) is 2.98. The standard InChI is InChI=1S/C34H35Cl2N3O4S/c1-24(2)37-34(41)32(18-26-13-6-4-7-14-26)38(22-27-15-11-10-12-25(27)3)33(40)23-39(30-20-28(35)19-29(36)21-30)44(42,43)31-16-8-5-9-17-31/h4-17,19-21,24,32H,18,22-23H2,1-3H3,(H,37,41)/t32-/m1/s1. The van der Waals surface area contributed by atoms with E-state index in [1.165, 1.54) is 35.2 Å². The molecule has 0 aliphatic carbocycles. The van der Waals surface area contributed by atoms with Gasteiger partial charge in [0.05, 0.1) is 10.6 Å². The highest BCUT2D eigenvalue weighted by Gasteiger charge is 2.35. The molecule has 0 bridgehead atoms. The van der Waals surface area contributed by atoms with E-state index in [9.17, 15) is 18.0 Å². The molecule has 1 N–H and O–H groups in total. The predicted octanol–water partition coefficient (Wildman–Crippen LogP) is 6.66. The van der Waals surface area contributed by atoms with Gasteiger partial charge in [0.15, 0.2) is 0 Å². The van der Waals surface area contributed by atoms with Crippen LogP contribution in [0.15, 0.2) is 108 Å². The van der Waals surface area contributed by atoms with Crippen LogP contribution in [0.1, 0.15) is 30.5 Å². The quantitative estimate of drug-likeness (QED) is 0.186. The number of amides is 2. The maximum Gasteiger partial charge on any atom is 0.264 e. The van der Waals surface area contributed by atoms with Gasteiger partial charge in [0.25, 0.3) is 10.0 Å². The van der Waals surface area contributed by atoms with Crippen molar-refractivity contribution in [2.45, 2.75) is 50.7 Å². The molecule has 230 valence electrons. The molecular formula is C34H35Cl2N3O4S. The summed E-state index contributed by atoms with van der Waals surface area (Å²) in [6.45, 7) is 5.12. The van der Waals surface area contributed by atoms with Crippen molar-refractivity contribution < 1.29 is 18.0 Å². The lowest BCUT2D eigenvalue weighted by Gasteiger charge is -2.34. The Morgan fingerprint density at radius 2 is 1.39 bits per heavy atom. The van der Waals surface area contributed by atoms with Crippen LogP contribution in [0.25, 0.3) is 0 Å². The van der Waals surface area contributed by atoms with Crippen LogP contribution in [-0.2, 0) is 32.6 Å². The molecule has 0 unspecified atom stereocenters. The maximum atomic E-state index is 14.5. The van der Waals surface area contributed by atoms with E-state index < -0.39 is 28.5 Å². The van der Waals surface area contributed by atoms with Gasteiger partial charge in [-0.1, -0.05) is 96.0 Å². The molecule has 0 aromatic heterocycles. The summed E-state index contributed by atoms with van der Waals surface area (Å²) in [5.41, 5.74) is 2.75. The van der Waals surface area contributed by atoms with Crippen molar-refractivity contribution in [1.29, 1.82) is 0 Å². The molecule has 10 heteroatoms. The highest BCUT2D eigenvalue weighted by atomic mass is 35.5. The Balaban J connectivity index is 1.83. The number of halogens is 2. The maximum absolute atomic E-state index is 14.5. The van der Waals surface area contributed by atoms with Crippen LogP contribution in [0.3, 0.4) is 0 Å². The minimum Gasteiger partial charge on any atom is -0.352 e. The minimum absolute atomic E-state index is 0.00672. The number of anilines is 1. The van der Waals surface area contributed by atoms with Crippen molar-refractivity contribution >= 4 is 50.7 Å². The van der Waals surface area contributed by atoms with Crippen molar-refractivity contribution in [3.63, 3.8) is 0 Å². The van der Waals surface area contributed by atoms with Crippen LogP contribution in [-0.4, -0.2) is 43.8 Å². The van der Waals surface area contributed by atoms with Gasteiger partial charge in [0.1, 0.15) is 12.6 Å². The number of nitrogens with one attached hydrogen (secondary N) is 1. The van der Waals surface area contributed by atoms with Gasteiger partial charge in [-0.2, -0.15) is 0 Å². The summed E-state index contributed by atoms with van der Waals surface area (Å²) in [6.07, 6.45) is 0.228. The zero-order valence-corrected chi connectivity index (χ0v) is 27.1. The number of benzene rings is 4. The van der Waals surface area contributed by atoms with E-state index >= 15 is 0 Å². The third kappa shape index (κ3) is 8.40. The Labute approximate surface area is 269 Å². The lowest BCUT2D eigenvalue weighted by Crippen LogP contribution is -2.54. The third-order valence-electron chi connectivity index (χ3n) is 7.05. The lowest BCUT2D eigenvalue weighted by atomic mass is 10.0. The highest BCUT2D eigenvalue weighted by molar-refractivity contribution is 7.92. The molecule has 0 fully saturated rings. The normalized spacial score (nSPS) is 12.0. The van der Waals surface area contributed by atoms with E-state index in [0.717, 1.165) is 21.0 Å². The van der Waals surface area contributed by atoms with E-state index in [2.05, 4.69) is 5.32 Å². The van der Waals surface area contributed by atoms with Gasteiger partial charge in [-0.05, 0) is 67.8 Å². The molecule has 0 heterocycles. The zero-order valence-electron chi connectivity index (χ0n) is 24.8. The number of hydrogen-bond donors (Lipinski definition) is 1. The third-order valence-corrected chi connectivity index (χ3v) is 9.27. The lowest BCUT2D eigenvalue weighted by molar-refractivity contribution is -0.140. The van der Waals surface area contributed by atoms with Crippen LogP contribution in [0.2, 0.25) is 10.0 Å². The van der Waals surface area contributed by atoms with E-state index in [0.29, 0.717) is 0 Å². The first-order valence-corrected chi connectivity index (χ1v) is 16.4. The Bertz CT molecular complexity index is 1680. The van der Waals surface area contributed by atoms with Gasteiger partial charge >= 0.3 is 0 Å². The number of carbonyl (C=O) groups excluding carboxylic acids is 2. The number of carbonyl (C=O) groups is 2. The fraction of sp³-hybridized carbons (Fsp3) is 0.235. The molecule has 4 aromatic carbocycles. The number of nitrogens with zero attached hydrogens (tertiary/aromatic N) is 2. The van der Waals surface area contributed by atoms with Crippen LogP contribution in [0.4, 0.5) is 5.69 Å². The molecule has 0 radical (unpaired) electrons. The zero-order chi connectivity index (χ0) is 31.9. The molecule has 0 aliphatic heterocycles. The Morgan fingerprint density at radius 1 is 0.818 bits per heavy atom. The summed E-state index contributed by atoms with van der Waals surface area (Å²) in [5, 5.41) is 3.38. The molecule has 4 rings (SSSR count). The molecule has 44 heavy (non-hydrogen) atoms. The predicted molar refractivity (Wildman–Crippen MR) is 176 cm³/mol. The number of rotatable bonds is 12. The monoisotopic (exact) mass is 651 g/mol. The second-order valence-electron chi connectivity index (χ2n) is 10.8. The fourth-order valence-electron chi connectivity index (χ4n) is 4.84. The molecule has 0 aliphatic rings. The Hall–Kier alpha value is -3.85. The van der Waals surface area contributed by atoms with E-state index in [1.807, 2.05) is 75.4 Å². The number of aryl methyl sites for hydroxylation is 1. The second-order valence-corrected chi connectivity index (χ2v) is 13.5. The van der Waals surface area contributed by atoms with Gasteiger partial charge in [0, 0.05) is 29.1 Å². The number of sulfonamides is 1. The summed E-state index contributed by atoms with van der Waals surface area (Å²) >= 11 is 12.6. The molecule has 0 saturated heterocycles. The molecule has 2 amide bonds. The number of hydrogen-bond acceptors (Lipinski definition) is 4. The molecular weight excluding hydrogens is 617 g/mol. The van der Waals surface area contributed by atoms with Crippen molar-refractivity contribution in [1.82, 2.24) is 10.2 Å². The van der Waals surface area contributed by atoms with Gasteiger partial charge in [-0.3, -0.25) is 13.9 Å². The van der Waals surface area contributed by atoms with Crippen LogP contribution >= 0.6 is 23.2 Å². The molecule has 4 aromatic rings. The summed E-state index contributed by atoms with van der Waals surface area (Å²) in [6, 6.07) is 28.1. The Morgan fingerprint density at radius 3 is 1.98 bits per heavy atom. The van der Waals surface area contributed by atoms with E-state index in [4.69, 9.17) is 23.2 Å². The Kier molecular flexibility index (Phi) is 11.1. The molecule has 0 spiro atoms. The van der Waals surface area contributed by atoms with Gasteiger partial charge in [0.2, 0.25) is 11.8 Å². The van der Waals surface area contributed by atoms with Gasteiger partial charge in [-0.15, -0.1) is 0 Å². The van der Waals surface area contributed by atoms with Crippen LogP contribution in [0.5, 0.6) is 0 Å². The summed E-state index contributed by atoms with van der Waals surface area (Å²) in [7, 11) is -4.25. The van der Waals surface area contributed by atoms with Gasteiger partial charge in [-0.25, -0.2) is 8.42 Å². The van der Waals surface area contributed by atoms with Crippen LogP contribution < -0.4 is 9.62 Å². The summed E-state index contributed by atoms with van der Waals surface area (Å²) in [5.74, 6) is -0.905. The SMILES string of the molecule is Cc1ccccc1CN(C(=O)CN(c1cc(Cl)cc(Cl)c1)S(=O)(=O)c1ccccc1)[C@H](Cc1ccccc1)C(=O)NC(C)C. The summed E-state index contributed by atoms with van der Waals surface area (Å²) in [4.78, 5) is 29.7. The minimum atomic E-state index is -4.25. The molecule has 0 saturated carbocycles. The average molecular weight is 653 g/mol. The van der Waals surface area contributed by atoms with Crippen molar-refractivity contribution in [2.24, 2.45) is 0 Å². The van der Waals surface area contributed by atoms with Crippen LogP contribution in [0, 0.1) is 6.92 Å². The first kappa shape index (κ1) is 33.1. The molecule has 1 atom stereocenters. The van der Waals surface area contributed by atoms with Gasteiger partial charge < -0.3 is 10.2 Å². The topological polar surface area (TPSA) is 86.8 Å². The van der Waals surface area contributed by atoms with Crippen molar-refractivity contribution in [3.8, 4) is 0 Å². The molecule has 7 nitrogen and oxygen atoms in total. The van der Waals surface area contributed by atoms with E-state index in [1.54, 1.807) is 18.2 Å². The first-order chi connectivity index (χ1) is 21.0. The smallest absolute Gasteiger partial charge is 0.264 e. The highest BCUT2D eigenvalue weighted by Crippen LogP contribution is 2.30. The fourth-order valence-corrected chi connectivity index (χ4v) is 6.77. The summed E-state index contributed by atoms with van der Waals surface area (Å²) < 4.78 is 29.1. The second kappa shape index (κ2) is 14.8. The van der Waals surface area contributed by atoms with Crippen molar-refractivity contribution in [3.05, 3.63) is 130 Å². The largest absolute Gasteiger partial charge is 0.352 e. The van der Waals surface area contributed by atoms with E-state index in [-0.39, 0.29) is 45.5 Å². The van der Waals surface area contributed by atoms with Crippen molar-refractivity contribution in [2.75, 3.05) is 10.8 Å². The first-order valence-electron chi connectivity index (χ1n) is 14.2.